The third-order valence-corrected chi connectivity index (χ3v) is 4.57. The molecule has 0 saturated heterocycles. The van der Waals surface area contributed by atoms with Crippen LogP contribution in [-0.2, 0) is 11.2 Å². The van der Waals surface area contributed by atoms with Gasteiger partial charge in [0, 0.05) is 24.2 Å². The van der Waals surface area contributed by atoms with Crippen molar-refractivity contribution < 1.29 is 14.3 Å². The summed E-state index contributed by atoms with van der Waals surface area (Å²) in [4.78, 5) is 16.4. The molecular formula is C21H24N4O3. The maximum Gasteiger partial charge on any atom is 0.224 e. The van der Waals surface area contributed by atoms with Crippen molar-refractivity contribution in [3.8, 4) is 17.3 Å². The predicted octanol–water partition coefficient (Wildman–Crippen LogP) is 3.47. The van der Waals surface area contributed by atoms with Crippen LogP contribution in [0.15, 0.2) is 42.6 Å². The van der Waals surface area contributed by atoms with Gasteiger partial charge in [0.05, 0.1) is 37.5 Å². The molecule has 0 aliphatic carbocycles. The second kappa shape index (κ2) is 8.56. The topological polar surface area (TPSA) is 78.3 Å². The third-order valence-electron chi connectivity index (χ3n) is 4.57. The first-order valence-electron chi connectivity index (χ1n) is 9.01. The summed E-state index contributed by atoms with van der Waals surface area (Å²) in [5, 5.41) is 7.50. The number of hydrogen-bond donors (Lipinski definition) is 1. The number of benzene rings is 1. The molecule has 0 bridgehead atoms. The van der Waals surface area contributed by atoms with Crippen molar-refractivity contribution in [1.29, 1.82) is 0 Å². The Balaban J connectivity index is 1.68. The predicted molar refractivity (Wildman–Crippen MR) is 107 cm³/mol. The van der Waals surface area contributed by atoms with Crippen LogP contribution in [0, 0.1) is 13.8 Å². The smallest absolute Gasteiger partial charge is 0.224 e. The van der Waals surface area contributed by atoms with Crippen LogP contribution in [0.2, 0.25) is 0 Å². The molecule has 7 nitrogen and oxygen atoms in total. The molecule has 3 rings (SSSR count). The Morgan fingerprint density at radius 3 is 2.64 bits per heavy atom. The molecule has 0 unspecified atom stereocenters. The number of hydrogen-bond acceptors (Lipinski definition) is 5. The lowest BCUT2D eigenvalue weighted by Gasteiger charge is -2.08. The van der Waals surface area contributed by atoms with E-state index in [-0.39, 0.29) is 5.91 Å². The number of pyridine rings is 1. The van der Waals surface area contributed by atoms with E-state index < -0.39 is 0 Å². The molecule has 0 radical (unpaired) electrons. The number of methoxy groups -OCH3 is 2. The standard InChI is InChI=1S/C21H24N4O3/c1-14-19(9-10-20(26)23-16-8-11-21(28-4)22-13-16)15(2)25(24-14)17-6-5-7-18(12-17)27-3/h5-8,11-13H,9-10H2,1-4H3,(H,23,26). The number of carbonyl (C=O) groups is 1. The molecule has 3 aromatic rings. The van der Waals surface area contributed by atoms with Crippen molar-refractivity contribution in [2.75, 3.05) is 19.5 Å². The highest BCUT2D eigenvalue weighted by molar-refractivity contribution is 5.90. The van der Waals surface area contributed by atoms with E-state index >= 15 is 0 Å². The molecule has 7 heteroatoms. The average Bonchev–Trinajstić information content (AvgIpc) is 3.00. The van der Waals surface area contributed by atoms with Crippen LogP contribution < -0.4 is 14.8 Å². The van der Waals surface area contributed by atoms with Crippen LogP contribution >= 0.6 is 0 Å². The van der Waals surface area contributed by atoms with Crippen molar-refractivity contribution in [2.45, 2.75) is 26.7 Å². The van der Waals surface area contributed by atoms with Gasteiger partial charge in [0.25, 0.3) is 0 Å². The first kappa shape index (κ1) is 19.4. The highest BCUT2D eigenvalue weighted by atomic mass is 16.5. The molecule has 1 N–H and O–H groups in total. The van der Waals surface area contributed by atoms with Gasteiger partial charge in [-0.25, -0.2) is 9.67 Å². The van der Waals surface area contributed by atoms with Crippen LogP contribution in [0.3, 0.4) is 0 Å². The molecule has 1 aromatic carbocycles. The van der Waals surface area contributed by atoms with Gasteiger partial charge in [0.1, 0.15) is 5.75 Å². The van der Waals surface area contributed by atoms with Crippen molar-refractivity contribution in [2.24, 2.45) is 0 Å². The summed E-state index contributed by atoms with van der Waals surface area (Å²) in [6.07, 6.45) is 2.54. The maximum absolute atomic E-state index is 12.3. The molecule has 0 fully saturated rings. The van der Waals surface area contributed by atoms with Crippen molar-refractivity contribution in [1.82, 2.24) is 14.8 Å². The Morgan fingerprint density at radius 1 is 1.14 bits per heavy atom. The minimum atomic E-state index is -0.0695. The Labute approximate surface area is 164 Å². The van der Waals surface area contributed by atoms with Gasteiger partial charge in [0.15, 0.2) is 0 Å². The Kier molecular flexibility index (Phi) is 5.93. The van der Waals surface area contributed by atoms with Gasteiger partial charge in [-0.1, -0.05) is 6.07 Å². The summed E-state index contributed by atoms with van der Waals surface area (Å²) in [6, 6.07) is 11.2. The number of nitrogens with one attached hydrogen (secondary N) is 1. The summed E-state index contributed by atoms with van der Waals surface area (Å²) < 4.78 is 12.2. The van der Waals surface area contributed by atoms with Crippen LogP contribution in [0.5, 0.6) is 11.6 Å². The Hall–Kier alpha value is -3.35. The molecule has 2 aromatic heterocycles. The van der Waals surface area contributed by atoms with Crippen LogP contribution in [0.25, 0.3) is 5.69 Å². The normalized spacial score (nSPS) is 10.6. The summed E-state index contributed by atoms with van der Waals surface area (Å²) in [5.74, 6) is 1.22. The Morgan fingerprint density at radius 2 is 1.96 bits per heavy atom. The van der Waals surface area contributed by atoms with E-state index in [4.69, 9.17) is 9.47 Å². The highest BCUT2D eigenvalue weighted by Gasteiger charge is 2.15. The van der Waals surface area contributed by atoms with Gasteiger partial charge in [-0.2, -0.15) is 5.10 Å². The van der Waals surface area contributed by atoms with E-state index in [1.54, 1.807) is 32.5 Å². The van der Waals surface area contributed by atoms with E-state index in [0.717, 1.165) is 28.4 Å². The molecule has 2 heterocycles. The zero-order valence-corrected chi connectivity index (χ0v) is 16.5. The summed E-state index contributed by atoms with van der Waals surface area (Å²) >= 11 is 0. The second-order valence-corrected chi connectivity index (χ2v) is 6.40. The summed E-state index contributed by atoms with van der Waals surface area (Å²) in [5.41, 5.74) is 4.58. The maximum atomic E-state index is 12.3. The zero-order valence-electron chi connectivity index (χ0n) is 16.5. The van der Waals surface area contributed by atoms with E-state index in [9.17, 15) is 4.79 Å². The lowest BCUT2D eigenvalue weighted by Crippen LogP contribution is -2.13. The molecule has 0 saturated carbocycles. The van der Waals surface area contributed by atoms with Gasteiger partial charge in [-0.05, 0) is 44.0 Å². The molecular weight excluding hydrogens is 356 g/mol. The summed E-state index contributed by atoms with van der Waals surface area (Å²) in [6.45, 7) is 3.98. The monoisotopic (exact) mass is 380 g/mol. The van der Waals surface area contributed by atoms with Crippen molar-refractivity contribution in [3.05, 3.63) is 59.5 Å². The number of nitrogens with zero attached hydrogens (tertiary/aromatic N) is 3. The van der Waals surface area contributed by atoms with E-state index in [0.29, 0.717) is 24.4 Å². The minimum Gasteiger partial charge on any atom is -0.497 e. The van der Waals surface area contributed by atoms with E-state index in [1.807, 2.05) is 42.8 Å². The first-order valence-corrected chi connectivity index (χ1v) is 9.01. The fourth-order valence-corrected chi connectivity index (χ4v) is 3.07. The van der Waals surface area contributed by atoms with Gasteiger partial charge in [0.2, 0.25) is 11.8 Å². The molecule has 0 aliphatic rings. The van der Waals surface area contributed by atoms with Crippen LogP contribution in [-0.4, -0.2) is 34.9 Å². The van der Waals surface area contributed by atoms with E-state index in [2.05, 4.69) is 15.4 Å². The largest absolute Gasteiger partial charge is 0.497 e. The first-order chi connectivity index (χ1) is 13.5. The number of aromatic nitrogens is 3. The fraction of sp³-hybridized carbons (Fsp3) is 0.286. The van der Waals surface area contributed by atoms with Crippen LogP contribution in [0.4, 0.5) is 5.69 Å². The quantitative estimate of drug-likeness (QED) is 0.679. The number of aryl methyl sites for hydroxylation is 1. The lowest BCUT2D eigenvalue weighted by atomic mass is 10.1. The number of rotatable bonds is 7. The fourth-order valence-electron chi connectivity index (χ4n) is 3.07. The second-order valence-electron chi connectivity index (χ2n) is 6.40. The molecule has 146 valence electrons. The average molecular weight is 380 g/mol. The Bertz CT molecular complexity index is 964. The van der Waals surface area contributed by atoms with Crippen LogP contribution in [0.1, 0.15) is 23.4 Å². The number of amides is 1. The lowest BCUT2D eigenvalue weighted by molar-refractivity contribution is -0.116. The molecule has 28 heavy (non-hydrogen) atoms. The van der Waals surface area contributed by atoms with Gasteiger partial charge >= 0.3 is 0 Å². The molecule has 1 amide bonds. The van der Waals surface area contributed by atoms with Gasteiger partial charge < -0.3 is 14.8 Å². The third kappa shape index (κ3) is 4.31. The minimum absolute atomic E-state index is 0.0695. The molecule has 0 atom stereocenters. The molecule has 0 spiro atoms. The number of anilines is 1. The zero-order chi connectivity index (χ0) is 20.1. The van der Waals surface area contributed by atoms with Gasteiger partial charge in [-0.3, -0.25) is 4.79 Å². The number of carbonyl (C=O) groups excluding carboxylic acids is 1. The SMILES string of the molecule is COc1cccc(-n2nc(C)c(CCC(=O)Nc3ccc(OC)nc3)c2C)c1. The summed E-state index contributed by atoms with van der Waals surface area (Å²) in [7, 11) is 3.19. The van der Waals surface area contributed by atoms with E-state index in [1.165, 1.54) is 0 Å². The number of ether oxygens (including phenoxy) is 2. The van der Waals surface area contributed by atoms with Crippen molar-refractivity contribution in [3.63, 3.8) is 0 Å². The van der Waals surface area contributed by atoms with Crippen molar-refractivity contribution >= 4 is 11.6 Å². The van der Waals surface area contributed by atoms with Gasteiger partial charge in [-0.15, -0.1) is 0 Å². The molecule has 0 aliphatic heterocycles. The highest BCUT2D eigenvalue weighted by Crippen LogP contribution is 2.22.